The molecule has 1 aliphatic rings. The van der Waals surface area contributed by atoms with E-state index in [0.717, 1.165) is 5.01 Å². The first kappa shape index (κ1) is 20.6. The minimum atomic E-state index is -0.729. The number of nitrogens with zero attached hydrogens (tertiary/aromatic N) is 1. The zero-order chi connectivity index (χ0) is 21.7. The predicted molar refractivity (Wildman–Crippen MR) is 101 cm³/mol. The molecule has 0 saturated carbocycles. The van der Waals surface area contributed by atoms with Gasteiger partial charge in [0.05, 0.1) is 7.11 Å². The van der Waals surface area contributed by atoms with E-state index in [2.05, 4.69) is 10.7 Å². The van der Waals surface area contributed by atoms with Crippen molar-refractivity contribution >= 4 is 29.4 Å². The van der Waals surface area contributed by atoms with Gasteiger partial charge in [-0.15, -0.1) is 0 Å². The van der Waals surface area contributed by atoms with Gasteiger partial charge >= 0.3 is 6.03 Å². The summed E-state index contributed by atoms with van der Waals surface area (Å²) in [6, 6.07) is 8.71. The molecule has 3 N–H and O–H groups in total. The molecule has 11 heteroatoms. The molecule has 156 valence electrons. The highest BCUT2D eigenvalue weighted by atomic mass is 19.1. The molecule has 0 radical (unpaired) electrons. The molecule has 1 aliphatic heterocycles. The third-order valence-electron chi connectivity index (χ3n) is 3.94. The summed E-state index contributed by atoms with van der Waals surface area (Å²) in [5.41, 5.74) is 2.85. The highest BCUT2D eigenvalue weighted by Gasteiger charge is 2.28. The van der Waals surface area contributed by atoms with E-state index < -0.39 is 29.6 Å². The molecular weight excluding hydrogens is 399 g/mol. The first-order valence-corrected chi connectivity index (χ1v) is 8.64. The zero-order valence-corrected chi connectivity index (χ0v) is 15.7. The summed E-state index contributed by atoms with van der Waals surface area (Å²) >= 11 is 0. The van der Waals surface area contributed by atoms with E-state index in [0.29, 0.717) is 5.69 Å². The highest BCUT2D eigenvalue weighted by molar-refractivity contribution is 6.04. The number of hydrogen-bond donors (Lipinski definition) is 3. The number of carbonyl (C=O) groups is 4. The van der Waals surface area contributed by atoms with Crippen LogP contribution in [0.25, 0.3) is 0 Å². The predicted octanol–water partition coefficient (Wildman–Crippen LogP) is 1.05. The lowest BCUT2D eigenvalue weighted by molar-refractivity contribution is -0.119. The van der Waals surface area contributed by atoms with Gasteiger partial charge in [0.1, 0.15) is 12.4 Å². The van der Waals surface area contributed by atoms with Crippen LogP contribution in [-0.2, 0) is 9.59 Å². The SMILES string of the molecule is COc1cc(C(=O)NN2CC(=O)NC2=O)ccc1OCC(=O)Nc1ccc(F)cc1. The molecule has 2 aromatic carbocycles. The largest absolute Gasteiger partial charge is 0.493 e. The second kappa shape index (κ2) is 8.90. The van der Waals surface area contributed by atoms with E-state index in [9.17, 15) is 23.6 Å². The second-order valence-corrected chi connectivity index (χ2v) is 6.09. The number of carbonyl (C=O) groups excluding carboxylic acids is 4. The molecule has 0 unspecified atom stereocenters. The summed E-state index contributed by atoms with van der Waals surface area (Å²) in [5.74, 6) is -1.68. The number of benzene rings is 2. The second-order valence-electron chi connectivity index (χ2n) is 6.09. The van der Waals surface area contributed by atoms with Gasteiger partial charge in [-0.2, -0.15) is 0 Å². The fourth-order valence-electron chi connectivity index (χ4n) is 2.52. The maximum atomic E-state index is 12.9. The summed E-state index contributed by atoms with van der Waals surface area (Å²) < 4.78 is 23.5. The molecule has 1 saturated heterocycles. The monoisotopic (exact) mass is 416 g/mol. The van der Waals surface area contributed by atoms with E-state index in [1.807, 2.05) is 5.32 Å². The summed E-state index contributed by atoms with van der Waals surface area (Å²) in [5, 5.41) is 5.43. The molecule has 0 bridgehead atoms. The van der Waals surface area contributed by atoms with Gasteiger partial charge in [-0.3, -0.25) is 25.1 Å². The van der Waals surface area contributed by atoms with Crippen LogP contribution < -0.4 is 25.5 Å². The van der Waals surface area contributed by atoms with Gasteiger partial charge in [-0.1, -0.05) is 0 Å². The van der Waals surface area contributed by atoms with Crippen molar-refractivity contribution in [3.05, 3.63) is 53.8 Å². The Kier molecular flexibility index (Phi) is 6.11. The summed E-state index contributed by atoms with van der Waals surface area (Å²) in [6.45, 7) is -0.637. The van der Waals surface area contributed by atoms with Crippen LogP contribution in [0.1, 0.15) is 10.4 Å². The van der Waals surface area contributed by atoms with Crippen LogP contribution in [0.3, 0.4) is 0 Å². The molecule has 5 amide bonds. The van der Waals surface area contributed by atoms with Crippen LogP contribution in [0.15, 0.2) is 42.5 Å². The Morgan fingerprint density at radius 1 is 1.13 bits per heavy atom. The topological polar surface area (TPSA) is 126 Å². The number of amides is 5. The van der Waals surface area contributed by atoms with Gasteiger partial charge in [0, 0.05) is 11.3 Å². The Morgan fingerprint density at radius 2 is 1.87 bits per heavy atom. The molecule has 1 fully saturated rings. The minimum Gasteiger partial charge on any atom is -0.493 e. The number of halogens is 1. The molecule has 1 heterocycles. The van der Waals surface area contributed by atoms with Gasteiger partial charge in [0.15, 0.2) is 18.1 Å². The number of hydrazine groups is 1. The van der Waals surface area contributed by atoms with Crippen molar-refractivity contribution in [3.8, 4) is 11.5 Å². The normalized spacial score (nSPS) is 12.9. The van der Waals surface area contributed by atoms with E-state index in [4.69, 9.17) is 9.47 Å². The van der Waals surface area contributed by atoms with Gasteiger partial charge in [0.25, 0.3) is 11.8 Å². The lowest BCUT2D eigenvalue weighted by Crippen LogP contribution is -2.44. The van der Waals surface area contributed by atoms with Crippen molar-refractivity contribution in [3.63, 3.8) is 0 Å². The number of urea groups is 1. The lowest BCUT2D eigenvalue weighted by Gasteiger charge is -2.16. The fourth-order valence-corrected chi connectivity index (χ4v) is 2.52. The average molecular weight is 416 g/mol. The number of ether oxygens (including phenoxy) is 2. The average Bonchev–Trinajstić information content (AvgIpc) is 3.04. The van der Waals surface area contributed by atoms with Crippen LogP contribution in [0.4, 0.5) is 14.9 Å². The Balaban J connectivity index is 1.60. The minimum absolute atomic E-state index is 0.141. The first-order valence-electron chi connectivity index (χ1n) is 8.64. The standard InChI is InChI=1S/C19H17FN4O6/c1-29-15-8-11(18(27)23-24-9-16(25)22-19(24)28)2-7-14(15)30-10-17(26)21-13-5-3-12(20)4-6-13/h2-8H,9-10H2,1H3,(H,21,26)(H,23,27)(H,22,25,28). The third-order valence-corrected chi connectivity index (χ3v) is 3.94. The summed E-state index contributed by atoms with van der Waals surface area (Å²) in [4.78, 5) is 47.0. The van der Waals surface area contributed by atoms with Gasteiger partial charge in [-0.05, 0) is 42.5 Å². The molecule has 0 aliphatic carbocycles. The van der Waals surface area contributed by atoms with Crippen molar-refractivity contribution in [2.75, 3.05) is 25.6 Å². The Labute approximate surface area is 169 Å². The van der Waals surface area contributed by atoms with Crippen LogP contribution in [-0.4, -0.2) is 49.0 Å². The van der Waals surface area contributed by atoms with E-state index in [1.165, 1.54) is 49.6 Å². The number of nitrogens with one attached hydrogen (secondary N) is 3. The fraction of sp³-hybridized carbons (Fsp3) is 0.158. The molecule has 0 spiro atoms. The number of hydrogen-bond acceptors (Lipinski definition) is 6. The molecular formula is C19H17FN4O6. The lowest BCUT2D eigenvalue weighted by atomic mass is 10.2. The Bertz CT molecular complexity index is 995. The molecule has 2 aromatic rings. The smallest absolute Gasteiger partial charge is 0.343 e. The van der Waals surface area contributed by atoms with Crippen LogP contribution in [0.5, 0.6) is 11.5 Å². The molecule has 30 heavy (non-hydrogen) atoms. The Hall–Kier alpha value is -4.15. The van der Waals surface area contributed by atoms with E-state index in [-0.39, 0.29) is 30.2 Å². The number of anilines is 1. The third kappa shape index (κ3) is 5.01. The number of methoxy groups -OCH3 is 1. The Morgan fingerprint density at radius 3 is 2.50 bits per heavy atom. The number of rotatable bonds is 7. The van der Waals surface area contributed by atoms with Crippen molar-refractivity contribution in [1.29, 1.82) is 0 Å². The van der Waals surface area contributed by atoms with Crippen molar-refractivity contribution in [2.45, 2.75) is 0 Å². The molecule has 0 atom stereocenters. The number of imide groups is 1. The van der Waals surface area contributed by atoms with Gasteiger partial charge in [0.2, 0.25) is 5.91 Å². The van der Waals surface area contributed by atoms with Crippen LogP contribution in [0.2, 0.25) is 0 Å². The van der Waals surface area contributed by atoms with Crippen molar-refractivity contribution < 1.29 is 33.0 Å². The first-order chi connectivity index (χ1) is 14.4. The van der Waals surface area contributed by atoms with Crippen molar-refractivity contribution in [1.82, 2.24) is 15.8 Å². The zero-order valence-electron chi connectivity index (χ0n) is 15.7. The van der Waals surface area contributed by atoms with Gasteiger partial charge < -0.3 is 14.8 Å². The van der Waals surface area contributed by atoms with Crippen molar-refractivity contribution in [2.24, 2.45) is 0 Å². The van der Waals surface area contributed by atoms with Gasteiger partial charge in [-0.25, -0.2) is 14.2 Å². The van der Waals surface area contributed by atoms with E-state index in [1.54, 1.807) is 0 Å². The van der Waals surface area contributed by atoms with E-state index >= 15 is 0 Å². The summed E-state index contributed by atoms with van der Waals surface area (Å²) in [6.07, 6.45) is 0. The maximum absolute atomic E-state index is 12.9. The summed E-state index contributed by atoms with van der Waals surface area (Å²) in [7, 11) is 1.36. The highest BCUT2D eigenvalue weighted by Crippen LogP contribution is 2.28. The quantitative estimate of drug-likeness (QED) is 0.579. The maximum Gasteiger partial charge on any atom is 0.343 e. The molecule has 10 nitrogen and oxygen atoms in total. The van der Waals surface area contributed by atoms with Crippen LogP contribution >= 0.6 is 0 Å². The molecule has 3 rings (SSSR count). The van der Waals surface area contributed by atoms with Crippen LogP contribution in [0, 0.1) is 5.82 Å². The molecule has 0 aromatic heterocycles.